The predicted octanol–water partition coefficient (Wildman–Crippen LogP) is 2.72. The number of benzene rings is 1. The zero-order valence-corrected chi connectivity index (χ0v) is 16.1. The van der Waals surface area contributed by atoms with Crippen molar-refractivity contribution < 1.29 is 18.3 Å². The first-order chi connectivity index (χ1) is 13.3. The molecule has 0 N–H and O–H groups in total. The molecule has 2 aliphatic heterocycles. The van der Waals surface area contributed by atoms with Crippen LogP contribution in [0.3, 0.4) is 0 Å². The molecule has 28 heavy (non-hydrogen) atoms. The smallest absolute Gasteiger partial charge is 0.304 e. The third kappa shape index (κ3) is 3.54. The molecule has 1 aromatic carbocycles. The highest BCUT2D eigenvalue weighted by Gasteiger charge is 2.57. The van der Waals surface area contributed by atoms with Crippen molar-refractivity contribution >= 4 is 11.6 Å². The molecular formula is C20H24F2N4O2. The second kappa shape index (κ2) is 6.93. The summed E-state index contributed by atoms with van der Waals surface area (Å²) in [5, 5.41) is 4.35. The normalized spacial score (nSPS) is 22.0. The van der Waals surface area contributed by atoms with Gasteiger partial charge in [-0.25, -0.2) is 0 Å². The van der Waals surface area contributed by atoms with Gasteiger partial charge in [-0.2, -0.15) is 13.9 Å². The Hall–Kier alpha value is -2.32. The first kappa shape index (κ1) is 19.0. The van der Waals surface area contributed by atoms with Gasteiger partial charge in [0.1, 0.15) is 0 Å². The van der Waals surface area contributed by atoms with Crippen molar-refractivity contribution in [3.8, 4) is 0 Å². The third-order valence-corrected chi connectivity index (χ3v) is 5.63. The van der Waals surface area contributed by atoms with Crippen molar-refractivity contribution in [1.82, 2.24) is 14.7 Å². The minimum Gasteiger partial charge on any atom is -0.304 e. The molecule has 0 bridgehead atoms. The molecule has 0 atom stereocenters. The highest BCUT2D eigenvalue weighted by molar-refractivity contribution is 5.98. The minimum absolute atomic E-state index is 0.144. The lowest BCUT2D eigenvalue weighted by molar-refractivity contribution is -0.293. The molecule has 0 unspecified atom stereocenters. The van der Waals surface area contributed by atoms with Crippen LogP contribution in [-0.2, 0) is 23.1 Å². The molecule has 1 aromatic heterocycles. The molecule has 8 heteroatoms. The Kier molecular flexibility index (Phi) is 4.71. The van der Waals surface area contributed by atoms with Gasteiger partial charge in [-0.15, -0.1) is 0 Å². The molecule has 1 spiro atoms. The van der Waals surface area contributed by atoms with E-state index in [1.54, 1.807) is 35.0 Å². The molecule has 1 amide bonds. The second-order valence-corrected chi connectivity index (χ2v) is 7.72. The van der Waals surface area contributed by atoms with Gasteiger partial charge in [0.25, 0.3) is 0 Å². The Bertz CT molecular complexity index is 860. The van der Waals surface area contributed by atoms with Crippen molar-refractivity contribution in [2.75, 3.05) is 24.5 Å². The SMILES string of the molecule is Cc1nn(C)cc1CN1CCC2(CC1)CN(c1ccccc1)C(=O)C(F)(F)O2. The van der Waals surface area contributed by atoms with Crippen LogP contribution in [-0.4, -0.2) is 51.9 Å². The van der Waals surface area contributed by atoms with Crippen molar-refractivity contribution in [1.29, 1.82) is 0 Å². The van der Waals surface area contributed by atoms with E-state index in [9.17, 15) is 13.6 Å². The zero-order valence-electron chi connectivity index (χ0n) is 16.1. The minimum atomic E-state index is -3.81. The zero-order chi connectivity index (χ0) is 19.9. The maximum atomic E-state index is 14.4. The van der Waals surface area contributed by atoms with Crippen LogP contribution in [0.2, 0.25) is 0 Å². The fourth-order valence-corrected chi connectivity index (χ4v) is 4.11. The lowest BCUT2D eigenvalue weighted by Crippen LogP contribution is -2.64. The van der Waals surface area contributed by atoms with E-state index in [4.69, 9.17) is 4.74 Å². The molecule has 2 aliphatic rings. The number of hydrogen-bond donors (Lipinski definition) is 0. The number of carbonyl (C=O) groups is 1. The number of hydrogen-bond acceptors (Lipinski definition) is 4. The Morgan fingerprint density at radius 1 is 1.18 bits per heavy atom. The van der Waals surface area contributed by atoms with Crippen LogP contribution < -0.4 is 4.90 Å². The van der Waals surface area contributed by atoms with Crippen LogP contribution in [0.25, 0.3) is 0 Å². The van der Waals surface area contributed by atoms with Crippen LogP contribution >= 0.6 is 0 Å². The van der Waals surface area contributed by atoms with E-state index in [2.05, 4.69) is 10.00 Å². The highest BCUT2D eigenvalue weighted by Crippen LogP contribution is 2.40. The number of para-hydroxylation sites is 1. The number of nitrogens with zero attached hydrogens (tertiary/aromatic N) is 4. The predicted molar refractivity (Wildman–Crippen MR) is 100 cm³/mol. The quantitative estimate of drug-likeness (QED) is 0.809. The average molecular weight is 390 g/mol. The van der Waals surface area contributed by atoms with Gasteiger partial charge < -0.3 is 9.64 Å². The molecule has 150 valence electrons. The van der Waals surface area contributed by atoms with E-state index in [-0.39, 0.29) is 6.54 Å². The number of amides is 1. The maximum Gasteiger partial charge on any atom is 0.437 e. The number of anilines is 1. The number of aromatic nitrogens is 2. The van der Waals surface area contributed by atoms with E-state index >= 15 is 0 Å². The summed E-state index contributed by atoms with van der Waals surface area (Å²) in [6.07, 6.45) is -0.937. The van der Waals surface area contributed by atoms with Crippen LogP contribution in [0, 0.1) is 6.92 Å². The second-order valence-electron chi connectivity index (χ2n) is 7.72. The topological polar surface area (TPSA) is 50.6 Å². The highest BCUT2D eigenvalue weighted by atomic mass is 19.3. The lowest BCUT2D eigenvalue weighted by Gasteiger charge is -2.48. The number of aryl methyl sites for hydroxylation is 2. The number of alkyl halides is 2. The molecule has 0 aliphatic carbocycles. The number of rotatable bonds is 3. The number of carbonyl (C=O) groups excluding carboxylic acids is 1. The summed E-state index contributed by atoms with van der Waals surface area (Å²) in [7, 11) is 1.88. The molecule has 0 saturated carbocycles. The monoisotopic (exact) mass is 390 g/mol. The number of likely N-dealkylation sites (tertiary alicyclic amines) is 1. The van der Waals surface area contributed by atoms with E-state index < -0.39 is 17.6 Å². The van der Waals surface area contributed by atoms with Crippen LogP contribution in [0.5, 0.6) is 0 Å². The van der Waals surface area contributed by atoms with Crippen LogP contribution in [0.4, 0.5) is 14.5 Å². The van der Waals surface area contributed by atoms with E-state index in [0.717, 1.165) is 17.8 Å². The maximum absolute atomic E-state index is 14.4. The van der Waals surface area contributed by atoms with Crippen molar-refractivity contribution in [2.24, 2.45) is 7.05 Å². The van der Waals surface area contributed by atoms with Crippen LogP contribution in [0.15, 0.2) is 36.5 Å². The van der Waals surface area contributed by atoms with Gasteiger partial charge in [-0.05, 0) is 31.9 Å². The number of halogens is 2. The standard InChI is InChI=1S/C20H24F2N4O2/c1-15-16(12-24(2)23-15)13-25-10-8-19(9-11-25)14-26(17-6-4-3-5-7-17)18(27)20(21,22)28-19/h3-7,12H,8-11,13-14H2,1-2H3. The van der Waals surface area contributed by atoms with E-state index in [1.807, 2.05) is 20.2 Å². The third-order valence-electron chi connectivity index (χ3n) is 5.63. The molecular weight excluding hydrogens is 366 g/mol. The first-order valence-corrected chi connectivity index (χ1v) is 9.45. The molecule has 2 saturated heterocycles. The summed E-state index contributed by atoms with van der Waals surface area (Å²) in [6.45, 7) is 4.09. The van der Waals surface area contributed by atoms with Gasteiger partial charge in [-0.3, -0.25) is 14.4 Å². The van der Waals surface area contributed by atoms with Gasteiger partial charge in [0.2, 0.25) is 0 Å². The summed E-state index contributed by atoms with van der Waals surface area (Å²) in [4.78, 5) is 15.6. The Morgan fingerprint density at radius 2 is 1.86 bits per heavy atom. The Labute approximate surface area is 162 Å². The molecule has 2 aromatic rings. The molecule has 4 rings (SSSR count). The Morgan fingerprint density at radius 3 is 2.46 bits per heavy atom. The average Bonchev–Trinajstić information content (AvgIpc) is 2.98. The summed E-state index contributed by atoms with van der Waals surface area (Å²) in [5.74, 6) is -1.29. The summed E-state index contributed by atoms with van der Waals surface area (Å²) < 4.78 is 35.8. The Balaban J connectivity index is 1.49. The summed E-state index contributed by atoms with van der Waals surface area (Å²) in [5.41, 5.74) is 1.55. The number of ether oxygens (including phenoxy) is 1. The van der Waals surface area contributed by atoms with E-state index in [0.29, 0.717) is 31.6 Å². The molecule has 3 heterocycles. The number of piperidine rings is 1. The van der Waals surface area contributed by atoms with Gasteiger partial charge in [0.05, 0.1) is 17.8 Å². The molecule has 0 radical (unpaired) electrons. The van der Waals surface area contributed by atoms with Crippen LogP contribution in [0.1, 0.15) is 24.1 Å². The summed E-state index contributed by atoms with van der Waals surface area (Å²) in [6, 6.07) is 8.62. The van der Waals surface area contributed by atoms with E-state index in [1.165, 1.54) is 4.90 Å². The fraction of sp³-hybridized carbons (Fsp3) is 0.500. The van der Waals surface area contributed by atoms with Crippen molar-refractivity contribution in [3.63, 3.8) is 0 Å². The van der Waals surface area contributed by atoms with Crippen molar-refractivity contribution in [2.45, 2.75) is 38.0 Å². The van der Waals surface area contributed by atoms with Gasteiger partial charge in [0, 0.05) is 44.1 Å². The van der Waals surface area contributed by atoms with Gasteiger partial charge >= 0.3 is 12.0 Å². The molecule has 2 fully saturated rings. The fourth-order valence-electron chi connectivity index (χ4n) is 4.11. The first-order valence-electron chi connectivity index (χ1n) is 9.45. The summed E-state index contributed by atoms with van der Waals surface area (Å²) >= 11 is 0. The lowest BCUT2D eigenvalue weighted by atomic mass is 9.88. The number of morpholine rings is 1. The largest absolute Gasteiger partial charge is 0.437 e. The van der Waals surface area contributed by atoms with Gasteiger partial charge in [-0.1, -0.05) is 18.2 Å². The molecule has 6 nitrogen and oxygen atoms in total. The van der Waals surface area contributed by atoms with Crippen molar-refractivity contribution in [3.05, 3.63) is 47.8 Å². The van der Waals surface area contributed by atoms with Gasteiger partial charge in [0.15, 0.2) is 0 Å².